The number of hydrogen-bond donors (Lipinski definition) is 2. The van der Waals surface area contributed by atoms with Crippen molar-refractivity contribution in [1.82, 2.24) is 39.7 Å². The molecule has 0 atom stereocenters. The number of H-pyrrole nitrogens is 1. The molecule has 40 heavy (non-hydrogen) atoms. The predicted molar refractivity (Wildman–Crippen MR) is 143 cm³/mol. The molecule has 12 nitrogen and oxygen atoms in total. The number of nitrogens with zero attached hydrogens (tertiary/aromatic N) is 7. The molecule has 3 aromatic heterocycles. The standard InChI is InChI=1S/C26H21ClFN9O3/c1-40-26(39)30-17-7-4-14(5-8-17)23-24(28)33-21(32-23)12-36-22(38)11-19(31-25(36)15-2-3-15)18-10-16(27)6-9-20(18)37-13-29-34-35-37/h4-11,13,15H,2-3,12H2,1H3,(H,30,39)(H,32,33). The fourth-order valence-corrected chi connectivity index (χ4v) is 4.52. The van der Waals surface area contributed by atoms with E-state index in [1.165, 1.54) is 28.8 Å². The van der Waals surface area contributed by atoms with Crippen LogP contribution in [0.2, 0.25) is 5.02 Å². The van der Waals surface area contributed by atoms with Crippen LogP contribution in [0.1, 0.15) is 30.4 Å². The average molecular weight is 562 g/mol. The van der Waals surface area contributed by atoms with Gasteiger partial charge in [0.25, 0.3) is 5.56 Å². The molecule has 0 saturated heterocycles. The second-order valence-corrected chi connectivity index (χ2v) is 9.59. The molecule has 14 heteroatoms. The fraction of sp³-hybridized carbons (Fsp3) is 0.192. The van der Waals surface area contributed by atoms with E-state index in [1.54, 1.807) is 42.5 Å². The van der Waals surface area contributed by atoms with Crippen molar-refractivity contribution in [3.63, 3.8) is 0 Å². The van der Waals surface area contributed by atoms with Gasteiger partial charge in [0.05, 0.1) is 25.0 Å². The Bertz CT molecular complexity index is 1760. The Morgan fingerprint density at radius 2 is 1.98 bits per heavy atom. The first-order valence-electron chi connectivity index (χ1n) is 12.2. The summed E-state index contributed by atoms with van der Waals surface area (Å²) in [6.07, 6.45) is 2.60. The van der Waals surface area contributed by atoms with Crippen molar-refractivity contribution < 1.29 is 13.9 Å². The van der Waals surface area contributed by atoms with Crippen LogP contribution in [0.25, 0.3) is 28.2 Å². The van der Waals surface area contributed by atoms with Crippen molar-refractivity contribution >= 4 is 23.4 Å². The van der Waals surface area contributed by atoms with Crippen LogP contribution < -0.4 is 10.9 Å². The summed E-state index contributed by atoms with van der Waals surface area (Å²) in [7, 11) is 1.26. The van der Waals surface area contributed by atoms with Crippen LogP contribution in [0.15, 0.2) is 59.7 Å². The van der Waals surface area contributed by atoms with Gasteiger partial charge in [-0.2, -0.15) is 9.07 Å². The molecule has 0 aliphatic heterocycles. The molecule has 1 saturated carbocycles. The molecule has 1 aliphatic carbocycles. The highest BCUT2D eigenvalue weighted by atomic mass is 35.5. The molecule has 202 valence electrons. The molecular weight excluding hydrogens is 541 g/mol. The largest absolute Gasteiger partial charge is 0.453 e. The molecule has 2 aromatic carbocycles. The summed E-state index contributed by atoms with van der Waals surface area (Å²) < 4.78 is 22.5. The average Bonchev–Trinajstić information content (AvgIpc) is 3.52. The monoisotopic (exact) mass is 561 g/mol. The second-order valence-electron chi connectivity index (χ2n) is 9.15. The lowest BCUT2D eigenvalue weighted by Crippen LogP contribution is -2.26. The number of nitrogens with one attached hydrogen (secondary N) is 2. The van der Waals surface area contributed by atoms with Crippen LogP contribution in [-0.4, -0.2) is 52.9 Å². The number of ether oxygens (including phenoxy) is 1. The summed E-state index contributed by atoms with van der Waals surface area (Å²) in [5.41, 5.74) is 2.41. The molecule has 1 amide bonds. The highest BCUT2D eigenvalue weighted by molar-refractivity contribution is 6.31. The Hall–Kier alpha value is -4.91. The summed E-state index contributed by atoms with van der Waals surface area (Å²) in [5, 5.41) is 14.3. The maximum Gasteiger partial charge on any atom is 0.411 e. The number of anilines is 1. The van der Waals surface area contributed by atoms with Crippen LogP contribution in [-0.2, 0) is 11.3 Å². The number of aromatic amines is 1. The van der Waals surface area contributed by atoms with E-state index < -0.39 is 12.0 Å². The molecule has 0 bridgehead atoms. The van der Waals surface area contributed by atoms with Gasteiger partial charge in [0, 0.05) is 33.8 Å². The number of carbonyl (C=O) groups is 1. The number of benzene rings is 2. The lowest BCUT2D eigenvalue weighted by molar-refractivity contribution is 0.187. The number of amides is 1. The van der Waals surface area contributed by atoms with Gasteiger partial charge in [0.15, 0.2) is 0 Å². The van der Waals surface area contributed by atoms with E-state index in [2.05, 4.69) is 35.5 Å². The third-order valence-electron chi connectivity index (χ3n) is 6.42. The first-order chi connectivity index (χ1) is 19.4. The van der Waals surface area contributed by atoms with Crippen LogP contribution in [0, 0.1) is 5.95 Å². The normalized spacial score (nSPS) is 12.9. The van der Waals surface area contributed by atoms with Gasteiger partial charge in [-0.05, 0) is 53.6 Å². The Kier molecular flexibility index (Phi) is 6.56. The van der Waals surface area contributed by atoms with Gasteiger partial charge in [-0.15, -0.1) is 5.10 Å². The van der Waals surface area contributed by atoms with Crippen LogP contribution in [0.5, 0.6) is 0 Å². The highest BCUT2D eigenvalue weighted by Gasteiger charge is 2.30. The third kappa shape index (κ3) is 5.06. The van der Waals surface area contributed by atoms with Crippen molar-refractivity contribution in [2.75, 3.05) is 12.4 Å². The van der Waals surface area contributed by atoms with E-state index in [0.29, 0.717) is 39.0 Å². The van der Waals surface area contributed by atoms with Gasteiger partial charge in [0.1, 0.15) is 23.7 Å². The summed E-state index contributed by atoms with van der Waals surface area (Å²) in [4.78, 5) is 36.7. The van der Waals surface area contributed by atoms with Crippen molar-refractivity contribution in [2.45, 2.75) is 25.3 Å². The number of aromatic nitrogens is 8. The van der Waals surface area contributed by atoms with E-state index in [9.17, 15) is 14.0 Å². The first-order valence-corrected chi connectivity index (χ1v) is 12.6. The number of carbonyl (C=O) groups excluding carboxylic acids is 1. The Labute approximate surface area is 230 Å². The summed E-state index contributed by atoms with van der Waals surface area (Å²) in [6.45, 7) is 0.00620. The molecule has 6 rings (SSSR count). The predicted octanol–water partition coefficient (Wildman–Crippen LogP) is 4.17. The molecule has 0 radical (unpaired) electrons. The van der Waals surface area contributed by atoms with E-state index in [4.69, 9.17) is 16.6 Å². The Morgan fingerprint density at radius 1 is 1.18 bits per heavy atom. The summed E-state index contributed by atoms with van der Waals surface area (Å²) in [6, 6.07) is 13.1. The number of rotatable bonds is 7. The molecular formula is C26H21ClFN9O3. The number of hydrogen-bond acceptors (Lipinski definition) is 8. The summed E-state index contributed by atoms with van der Waals surface area (Å²) in [5.74, 6) is 0.304. The second kappa shape index (κ2) is 10.3. The Morgan fingerprint density at radius 3 is 2.67 bits per heavy atom. The summed E-state index contributed by atoms with van der Waals surface area (Å²) >= 11 is 6.28. The van der Waals surface area contributed by atoms with Crippen molar-refractivity contribution in [3.05, 3.63) is 87.8 Å². The minimum absolute atomic E-state index is 0.00620. The quantitative estimate of drug-likeness (QED) is 0.301. The minimum Gasteiger partial charge on any atom is -0.453 e. The lowest BCUT2D eigenvalue weighted by Gasteiger charge is -2.14. The van der Waals surface area contributed by atoms with Crippen LogP contribution in [0.4, 0.5) is 14.9 Å². The molecule has 0 unspecified atom stereocenters. The van der Waals surface area contributed by atoms with E-state index in [1.807, 2.05) is 0 Å². The van der Waals surface area contributed by atoms with Gasteiger partial charge in [-0.25, -0.2) is 14.8 Å². The third-order valence-corrected chi connectivity index (χ3v) is 6.65. The van der Waals surface area contributed by atoms with E-state index in [0.717, 1.165) is 12.8 Å². The smallest absolute Gasteiger partial charge is 0.411 e. The van der Waals surface area contributed by atoms with Gasteiger partial charge < -0.3 is 9.72 Å². The van der Waals surface area contributed by atoms with Crippen LogP contribution in [0.3, 0.4) is 0 Å². The minimum atomic E-state index is -0.640. The maximum absolute atomic E-state index is 14.9. The number of imidazole rings is 1. The SMILES string of the molecule is COC(=O)Nc1ccc(-c2nc(Cn3c(C4CC4)nc(-c4cc(Cl)ccc4-n4cnnn4)cc3=O)[nH]c2F)cc1. The zero-order valence-corrected chi connectivity index (χ0v) is 21.8. The van der Waals surface area contributed by atoms with Crippen molar-refractivity contribution in [2.24, 2.45) is 0 Å². The van der Waals surface area contributed by atoms with E-state index >= 15 is 0 Å². The fourth-order valence-electron chi connectivity index (χ4n) is 4.35. The zero-order chi connectivity index (χ0) is 27.8. The van der Waals surface area contributed by atoms with Gasteiger partial charge >= 0.3 is 6.09 Å². The Balaban J connectivity index is 1.33. The molecule has 1 fully saturated rings. The van der Waals surface area contributed by atoms with Gasteiger partial charge in [-0.3, -0.25) is 14.7 Å². The zero-order valence-electron chi connectivity index (χ0n) is 21.0. The van der Waals surface area contributed by atoms with E-state index in [-0.39, 0.29) is 29.5 Å². The molecule has 0 spiro atoms. The van der Waals surface area contributed by atoms with Crippen LogP contribution >= 0.6 is 11.6 Å². The first kappa shape index (κ1) is 25.4. The molecule has 2 N–H and O–H groups in total. The molecule has 1 aliphatic rings. The number of tetrazole rings is 1. The topological polar surface area (TPSA) is 146 Å². The van der Waals surface area contributed by atoms with Crippen molar-refractivity contribution in [3.8, 4) is 28.2 Å². The number of methoxy groups -OCH3 is 1. The van der Waals surface area contributed by atoms with Gasteiger partial charge in [-0.1, -0.05) is 23.7 Å². The molecule has 5 aromatic rings. The highest BCUT2D eigenvalue weighted by Crippen LogP contribution is 2.40. The molecule has 3 heterocycles. The van der Waals surface area contributed by atoms with Gasteiger partial charge in [0.2, 0.25) is 5.95 Å². The number of halogens is 2. The van der Waals surface area contributed by atoms with Crippen molar-refractivity contribution in [1.29, 1.82) is 0 Å². The maximum atomic E-state index is 14.9. The lowest BCUT2D eigenvalue weighted by atomic mass is 10.1.